The van der Waals surface area contributed by atoms with E-state index in [1.54, 1.807) is 0 Å². The largest absolute Gasteiger partial charge is 0.481 e. The molecule has 21 heavy (non-hydrogen) atoms. The second-order valence-electron chi connectivity index (χ2n) is 5.97. The lowest BCUT2D eigenvalue weighted by molar-refractivity contribution is -0.140. The average molecular weight is 298 g/mol. The predicted molar refractivity (Wildman–Crippen MR) is 78.8 cm³/mol. The molecule has 1 aliphatic carbocycles. The Morgan fingerprint density at radius 2 is 1.76 bits per heavy atom. The second kappa shape index (κ2) is 8.64. The van der Waals surface area contributed by atoms with Crippen LogP contribution in [0, 0.1) is 5.41 Å². The summed E-state index contributed by atoms with van der Waals surface area (Å²) in [4.78, 5) is 34.4. The minimum absolute atomic E-state index is 0.00145. The summed E-state index contributed by atoms with van der Waals surface area (Å²) in [6.45, 7) is 2.63. The van der Waals surface area contributed by atoms with Crippen molar-refractivity contribution in [2.24, 2.45) is 5.41 Å². The molecule has 6 heteroatoms. The van der Waals surface area contributed by atoms with Crippen LogP contribution in [0.15, 0.2) is 0 Å². The highest BCUT2D eigenvalue weighted by Crippen LogP contribution is 2.43. The van der Waals surface area contributed by atoms with E-state index in [2.05, 4.69) is 17.6 Å². The van der Waals surface area contributed by atoms with Crippen LogP contribution in [0.1, 0.15) is 64.7 Å². The van der Waals surface area contributed by atoms with Crippen LogP contribution >= 0.6 is 0 Å². The zero-order valence-electron chi connectivity index (χ0n) is 12.7. The van der Waals surface area contributed by atoms with E-state index in [0.717, 1.165) is 44.9 Å². The second-order valence-corrected chi connectivity index (χ2v) is 5.97. The van der Waals surface area contributed by atoms with Crippen molar-refractivity contribution in [3.63, 3.8) is 0 Å². The minimum Gasteiger partial charge on any atom is -0.481 e. The molecule has 0 spiro atoms. The Labute approximate surface area is 125 Å². The van der Waals surface area contributed by atoms with E-state index in [9.17, 15) is 14.4 Å². The van der Waals surface area contributed by atoms with Gasteiger partial charge in [-0.15, -0.1) is 0 Å². The van der Waals surface area contributed by atoms with Gasteiger partial charge in [0.1, 0.15) is 0 Å². The summed E-state index contributed by atoms with van der Waals surface area (Å²) in [6.07, 6.45) is 6.49. The first kappa shape index (κ1) is 17.5. The van der Waals surface area contributed by atoms with Crippen molar-refractivity contribution in [1.29, 1.82) is 0 Å². The smallest absolute Gasteiger partial charge is 0.321 e. The molecule has 0 atom stereocenters. The Morgan fingerprint density at radius 3 is 2.33 bits per heavy atom. The lowest BCUT2D eigenvalue weighted by atomic mass is 9.79. The van der Waals surface area contributed by atoms with Crippen LogP contribution in [0.4, 0.5) is 4.79 Å². The molecule has 0 heterocycles. The molecule has 0 aromatic rings. The molecule has 0 aromatic heterocycles. The van der Waals surface area contributed by atoms with Crippen molar-refractivity contribution in [2.75, 3.05) is 6.54 Å². The molecule has 1 rings (SSSR count). The first-order valence-electron chi connectivity index (χ1n) is 7.77. The van der Waals surface area contributed by atoms with E-state index >= 15 is 0 Å². The van der Waals surface area contributed by atoms with E-state index in [1.165, 1.54) is 0 Å². The summed E-state index contributed by atoms with van der Waals surface area (Å²) >= 11 is 0. The average Bonchev–Trinajstić information content (AvgIpc) is 2.81. The summed E-state index contributed by atoms with van der Waals surface area (Å²) < 4.78 is 0. The van der Waals surface area contributed by atoms with E-state index in [0.29, 0.717) is 6.54 Å². The SMILES string of the molecule is CCCCCNC(=O)NC(=O)CC1(CC(=O)O)CCCC1. The Balaban J connectivity index is 2.36. The maximum absolute atomic E-state index is 11.9. The van der Waals surface area contributed by atoms with Gasteiger partial charge in [-0.05, 0) is 24.7 Å². The first-order valence-corrected chi connectivity index (χ1v) is 7.77. The number of hydrogen-bond acceptors (Lipinski definition) is 3. The number of amides is 3. The van der Waals surface area contributed by atoms with Gasteiger partial charge >= 0.3 is 12.0 Å². The number of aliphatic carboxylic acids is 1. The molecule has 120 valence electrons. The molecule has 3 amide bonds. The van der Waals surface area contributed by atoms with Crippen molar-refractivity contribution in [2.45, 2.75) is 64.7 Å². The molecule has 0 saturated heterocycles. The van der Waals surface area contributed by atoms with Crippen molar-refractivity contribution in [1.82, 2.24) is 10.6 Å². The number of carboxylic acids is 1. The van der Waals surface area contributed by atoms with Crippen LogP contribution in [0.3, 0.4) is 0 Å². The lowest BCUT2D eigenvalue weighted by Crippen LogP contribution is -2.42. The van der Waals surface area contributed by atoms with Gasteiger partial charge in [-0.3, -0.25) is 14.9 Å². The number of unbranched alkanes of at least 4 members (excludes halogenated alkanes) is 2. The predicted octanol–water partition coefficient (Wildman–Crippen LogP) is 2.43. The molecule has 0 unspecified atom stereocenters. The zero-order chi connectivity index (χ0) is 15.7. The number of imide groups is 1. The number of hydrogen-bond donors (Lipinski definition) is 3. The molecule has 0 radical (unpaired) electrons. The fraction of sp³-hybridized carbons (Fsp3) is 0.800. The van der Waals surface area contributed by atoms with Gasteiger partial charge < -0.3 is 10.4 Å². The number of carbonyl (C=O) groups is 3. The quantitative estimate of drug-likeness (QED) is 0.600. The monoisotopic (exact) mass is 298 g/mol. The van der Waals surface area contributed by atoms with E-state index in [1.807, 2.05) is 0 Å². The highest BCUT2D eigenvalue weighted by Gasteiger charge is 2.38. The van der Waals surface area contributed by atoms with Gasteiger partial charge in [0, 0.05) is 13.0 Å². The summed E-state index contributed by atoms with van der Waals surface area (Å²) in [7, 11) is 0. The Hall–Kier alpha value is -1.59. The summed E-state index contributed by atoms with van der Waals surface area (Å²) in [5.74, 6) is -1.26. The Morgan fingerprint density at radius 1 is 1.10 bits per heavy atom. The molecule has 1 fully saturated rings. The third kappa shape index (κ3) is 6.60. The third-order valence-corrected chi connectivity index (χ3v) is 4.04. The highest BCUT2D eigenvalue weighted by atomic mass is 16.4. The molecule has 6 nitrogen and oxygen atoms in total. The molecule has 0 aromatic carbocycles. The molecular formula is C15H26N2O4. The van der Waals surface area contributed by atoms with Crippen molar-refractivity contribution in [3.8, 4) is 0 Å². The number of carbonyl (C=O) groups excluding carboxylic acids is 2. The first-order chi connectivity index (χ1) is 9.97. The normalized spacial score (nSPS) is 16.4. The highest BCUT2D eigenvalue weighted by molar-refractivity contribution is 5.94. The number of urea groups is 1. The minimum atomic E-state index is -0.881. The van der Waals surface area contributed by atoms with Gasteiger partial charge in [-0.2, -0.15) is 0 Å². The van der Waals surface area contributed by atoms with Crippen LogP contribution in [0.25, 0.3) is 0 Å². The van der Waals surface area contributed by atoms with Gasteiger partial charge in [0.25, 0.3) is 0 Å². The number of nitrogens with one attached hydrogen (secondary N) is 2. The van der Waals surface area contributed by atoms with Gasteiger partial charge in [0.2, 0.25) is 5.91 Å². The van der Waals surface area contributed by atoms with E-state index in [4.69, 9.17) is 5.11 Å². The molecule has 0 bridgehead atoms. The van der Waals surface area contributed by atoms with Gasteiger partial charge in [0.05, 0.1) is 6.42 Å². The maximum Gasteiger partial charge on any atom is 0.321 e. The summed E-state index contributed by atoms with van der Waals surface area (Å²) in [5, 5.41) is 13.9. The molecule has 1 saturated carbocycles. The van der Waals surface area contributed by atoms with E-state index < -0.39 is 17.4 Å². The van der Waals surface area contributed by atoms with Crippen LogP contribution in [-0.4, -0.2) is 29.6 Å². The maximum atomic E-state index is 11.9. The molecular weight excluding hydrogens is 272 g/mol. The molecule has 3 N–H and O–H groups in total. The topological polar surface area (TPSA) is 95.5 Å². The van der Waals surface area contributed by atoms with Gasteiger partial charge in [-0.1, -0.05) is 32.6 Å². The Bertz CT molecular complexity index is 376. The zero-order valence-corrected chi connectivity index (χ0v) is 12.7. The van der Waals surface area contributed by atoms with Crippen LogP contribution < -0.4 is 10.6 Å². The number of rotatable bonds is 8. The number of carboxylic acid groups (broad SMARTS) is 1. The van der Waals surface area contributed by atoms with Crippen LogP contribution in [0.5, 0.6) is 0 Å². The summed E-state index contributed by atoms with van der Waals surface area (Å²) in [5.41, 5.74) is -0.474. The standard InChI is InChI=1S/C15H26N2O4/c1-2-3-6-9-16-14(21)17-12(18)10-15(11-13(19)20)7-4-5-8-15/h2-11H2,1H3,(H,19,20)(H2,16,17,18,21). The van der Waals surface area contributed by atoms with Crippen LogP contribution in [-0.2, 0) is 9.59 Å². The fourth-order valence-electron chi connectivity index (χ4n) is 2.99. The Kier molecular flexibility index (Phi) is 7.19. The molecule has 0 aliphatic heterocycles. The van der Waals surface area contributed by atoms with Crippen molar-refractivity contribution in [3.05, 3.63) is 0 Å². The fourth-order valence-corrected chi connectivity index (χ4v) is 2.99. The van der Waals surface area contributed by atoms with Gasteiger partial charge in [0.15, 0.2) is 0 Å². The van der Waals surface area contributed by atoms with Crippen LogP contribution in [0.2, 0.25) is 0 Å². The van der Waals surface area contributed by atoms with Crippen molar-refractivity contribution < 1.29 is 19.5 Å². The van der Waals surface area contributed by atoms with Crippen molar-refractivity contribution >= 4 is 17.9 Å². The molecule has 1 aliphatic rings. The summed E-state index contributed by atoms with van der Waals surface area (Å²) in [6, 6.07) is -0.487. The van der Waals surface area contributed by atoms with Gasteiger partial charge in [-0.25, -0.2) is 4.79 Å². The third-order valence-electron chi connectivity index (χ3n) is 4.04. The van der Waals surface area contributed by atoms with E-state index in [-0.39, 0.29) is 18.7 Å². The lowest BCUT2D eigenvalue weighted by Gasteiger charge is -2.26.